The Bertz CT molecular complexity index is 1040. The van der Waals surface area contributed by atoms with E-state index < -0.39 is 36.7 Å². The number of rotatable bonds is 6. The molecule has 10 nitrogen and oxygen atoms in total. The lowest BCUT2D eigenvalue weighted by molar-refractivity contribution is -0.200. The van der Waals surface area contributed by atoms with Crippen LogP contribution in [0.2, 0.25) is 5.02 Å². The molecule has 1 heterocycles. The van der Waals surface area contributed by atoms with Crippen LogP contribution < -0.4 is 16.8 Å². The van der Waals surface area contributed by atoms with Crippen molar-refractivity contribution < 1.29 is 37.4 Å². The molecule has 0 bridgehead atoms. The number of carbonyl (C=O) groups is 3. The van der Waals surface area contributed by atoms with Crippen molar-refractivity contribution >= 4 is 52.0 Å². The zero-order valence-corrected chi connectivity index (χ0v) is 15.5. The summed E-state index contributed by atoms with van der Waals surface area (Å²) in [6.45, 7) is -1.24. The summed E-state index contributed by atoms with van der Waals surface area (Å²) in [5.74, 6) is -5.58. The minimum Gasteiger partial charge on any atom is -0.480 e. The van der Waals surface area contributed by atoms with Crippen LogP contribution in [-0.4, -0.2) is 52.7 Å². The standard InChI is InChI=1S/C16H13ClF3N5O5/c17-9-4-23-11(25-15(21)22)8-3-6(1-2-7(8)9)12(26)24-10(13(27)28)5-30-14(29)16(18,19)20/h1-4,10H,5H2,(H,24,26)(H,27,28)(H4,21,22,23,25). The number of nitrogens with two attached hydrogens (primary N) is 2. The van der Waals surface area contributed by atoms with Crippen LogP contribution >= 0.6 is 11.6 Å². The largest absolute Gasteiger partial charge is 0.490 e. The number of ether oxygens (including phenoxy) is 1. The van der Waals surface area contributed by atoms with Crippen LogP contribution in [0, 0.1) is 0 Å². The van der Waals surface area contributed by atoms with E-state index in [2.05, 4.69) is 14.7 Å². The predicted molar refractivity (Wildman–Crippen MR) is 98.1 cm³/mol. The summed E-state index contributed by atoms with van der Waals surface area (Å²) in [5.41, 5.74) is 10.6. The maximum absolute atomic E-state index is 12.4. The molecule has 0 aliphatic carbocycles. The Morgan fingerprint density at radius 1 is 1.27 bits per heavy atom. The van der Waals surface area contributed by atoms with Gasteiger partial charge in [-0.15, -0.1) is 0 Å². The molecule has 0 saturated carbocycles. The third kappa shape index (κ3) is 5.47. The van der Waals surface area contributed by atoms with Crippen LogP contribution in [0.15, 0.2) is 29.4 Å². The van der Waals surface area contributed by atoms with Crippen LogP contribution in [0.1, 0.15) is 10.4 Å². The van der Waals surface area contributed by atoms with E-state index in [1.807, 2.05) is 5.32 Å². The molecule has 6 N–H and O–H groups in total. The molecular formula is C16H13ClF3N5O5. The number of carboxylic acids is 1. The number of aliphatic carboxylic acids is 1. The third-order valence-electron chi connectivity index (χ3n) is 3.53. The van der Waals surface area contributed by atoms with Gasteiger partial charge in [0.1, 0.15) is 6.61 Å². The summed E-state index contributed by atoms with van der Waals surface area (Å²) in [6.07, 6.45) is -4.03. The predicted octanol–water partition coefficient (Wildman–Crippen LogP) is 1.08. The third-order valence-corrected chi connectivity index (χ3v) is 3.83. The van der Waals surface area contributed by atoms with Crippen molar-refractivity contribution in [3.05, 3.63) is 35.0 Å². The first-order chi connectivity index (χ1) is 13.9. The van der Waals surface area contributed by atoms with E-state index in [4.69, 9.17) is 28.2 Å². The number of benzene rings is 1. The lowest BCUT2D eigenvalue weighted by Gasteiger charge is -2.16. The van der Waals surface area contributed by atoms with Gasteiger partial charge >= 0.3 is 18.1 Å². The molecule has 1 aromatic heterocycles. The Labute approximate surface area is 170 Å². The second-order valence-corrected chi connectivity index (χ2v) is 6.09. The van der Waals surface area contributed by atoms with Gasteiger partial charge in [0.05, 0.1) is 5.02 Å². The van der Waals surface area contributed by atoms with E-state index in [0.29, 0.717) is 5.39 Å². The first kappa shape index (κ1) is 22.7. The number of carbonyl (C=O) groups excluding carboxylic acids is 2. The van der Waals surface area contributed by atoms with E-state index >= 15 is 0 Å². The topological polar surface area (TPSA) is 170 Å². The molecule has 0 spiro atoms. The summed E-state index contributed by atoms with van der Waals surface area (Å²) in [6, 6.07) is 2.02. The fourth-order valence-corrected chi connectivity index (χ4v) is 2.42. The van der Waals surface area contributed by atoms with Crippen LogP contribution in [0.4, 0.5) is 19.0 Å². The van der Waals surface area contributed by atoms with Crippen molar-refractivity contribution in [3.8, 4) is 0 Å². The summed E-state index contributed by atoms with van der Waals surface area (Å²) in [5, 5.41) is 11.9. The molecule has 1 atom stereocenters. The molecule has 0 radical (unpaired) electrons. The van der Waals surface area contributed by atoms with E-state index in [9.17, 15) is 27.6 Å². The molecule has 0 fully saturated rings. The quantitative estimate of drug-likeness (QED) is 0.289. The van der Waals surface area contributed by atoms with Gasteiger partial charge in [0, 0.05) is 22.5 Å². The molecule has 1 unspecified atom stereocenters. The van der Waals surface area contributed by atoms with Crippen molar-refractivity contribution in [2.24, 2.45) is 16.5 Å². The highest BCUT2D eigenvalue weighted by Gasteiger charge is 2.41. The highest BCUT2D eigenvalue weighted by molar-refractivity contribution is 6.35. The van der Waals surface area contributed by atoms with Crippen LogP contribution in [-0.2, 0) is 14.3 Å². The summed E-state index contributed by atoms with van der Waals surface area (Å²) in [4.78, 5) is 42.1. The number of guanidine groups is 1. The first-order valence-electron chi connectivity index (χ1n) is 7.85. The number of fused-ring (bicyclic) bond motifs is 1. The van der Waals surface area contributed by atoms with Crippen LogP contribution in [0.25, 0.3) is 10.8 Å². The van der Waals surface area contributed by atoms with Gasteiger partial charge in [-0.05, 0) is 12.1 Å². The van der Waals surface area contributed by atoms with Gasteiger partial charge in [-0.2, -0.15) is 18.2 Å². The molecule has 2 rings (SSSR count). The van der Waals surface area contributed by atoms with Crippen molar-refractivity contribution in [2.75, 3.05) is 6.61 Å². The Morgan fingerprint density at radius 2 is 1.93 bits per heavy atom. The Balaban J connectivity index is 2.29. The van der Waals surface area contributed by atoms with Crippen LogP contribution in [0.3, 0.4) is 0 Å². The number of aliphatic imine (C=N–C) groups is 1. The smallest absolute Gasteiger partial charge is 0.480 e. The van der Waals surface area contributed by atoms with E-state index in [0.717, 1.165) is 0 Å². The maximum atomic E-state index is 12.4. The summed E-state index contributed by atoms with van der Waals surface area (Å²) < 4.78 is 40.4. The fourth-order valence-electron chi connectivity index (χ4n) is 2.20. The average molecular weight is 448 g/mol. The number of esters is 1. The van der Waals surface area contributed by atoms with E-state index in [1.165, 1.54) is 24.4 Å². The number of nitrogens with zero attached hydrogens (tertiary/aromatic N) is 2. The number of halogens is 4. The van der Waals surface area contributed by atoms with Gasteiger partial charge in [-0.3, -0.25) is 4.79 Å². The first-order valence-corrected chi connectivity index (χ1v) is 8.23. The number of nitrogens with one attached hydrogen (secondary N) is 1. The number of amides is 1. The molecule has 2 aromatic rings. The highest BCUT2D eigenvalue weighted by Crippen LogP contribution is 2.30. The number of alkyl halides is 3. The fraction of sp³-hybridized carbons (Fsp3) is 0.188. The van der Waals surface area contributed by atoms with Crippen molar-refractivity contribution in [1.29, 1.82) is 0 Å². The lowest BCUT2D eigenvalue weighted by Crippen LogP contribution is -2.45. The second kappa shape index (κ2) is 8.82. The number of hydrogen-bond donors (Lipinski definition) is 4. The normalized spacial score (nSPS) is 12.1. The average Bonchev–Trinajstić information content (AvgIpc) is 2.65. The Morgan fingerprint density at radius 3 is 2.50 bits per heavy atom. The number of hydrogen-bond acceptors (Lipinski definition) is 6. The van der Waals surface area contributed by atoms with Gasteiger partial charge < -0.3 is 26.6 Å². The summed E-state index contributed by atoms with van der Waals surface area (Å²) in [7, 11) is 0. The van der Waals surface area contributed by atoms with Crippen LogP contribution in [0.5, 0.6) is 0 Å². The SMILES string of the molecule is NC(N)=Nc1ncc(Cl)c2ccc(C(=O)NC(COC(=O)C(F)(F)F)C(=O)O)cc12. The minimum absolute atomic E-state index is 0.0259. The Hall–Kier alpha value is -3.61. The molecule has 1 aromatic carbocycles. The zero-order chi connectivity index (χ0) is 22.6. The summed E-state index contributed by atoms with van der Waals surface area (Å²) >= 11 is 6.04. The molecule has 0 aliphatic heterocycles. The van der Waals surface area contributed by atoms with Gasteiger partial charge in [-0.25, -0.2) is 14.6 Å². The number of carboxylic acid groups (broad SMARTS) is 1. The molecule has 30 heavy (non-hydrogen) atoms. The minimum atomic E-state index is -5.31. The molecule has 14 heteroatoms. The van der Waals surface area contributed by atoms with E-state index in [-0.39, 0.29) is 27.7 Å². The molecule has 0 saturated heterocycles. The Kier molecular flexibility index (Phi) is 6.66. The maximum Gasteiger partial charge on any atom is 0.490 e. The zero-order valence-electron chi connectivity index (χ0n) is 14.7. The van der Waals surface area contributed by atoms with Crippen molar-refractivity contribution in [3.63, 3.8) is 0 Å². The van der Waals surface area contributed by atoms with Gasteiger partial charge in [0.25, 0.3) is 5.91 Å². The monoisotopic (exact) mass is 447 g/mol. The molecule has 0 aliphatic rings. The van der Waals surface area contributed by atoms with Crippen molar-refractivity contribution in [1.82, 2.24) is 10.3 Å². The molecule has 160 valence electrons. The lowest BCUT2D eigenvalue weighted by atomic mass is 10.1. The second-order valence-electron chi connectivity index (χ2n) is 5.69. The van der Waals surface area contributed by atoms with Gasteiger partial charge in [0.2, 0.25) is 0 Å². The molecule has 1 amide bonds. The highest BCUT2D eigenvalue weighted by atomic mass is 35.5. The van der Waals surface area contributed by atoms with E-state index in [1.54, 1.807) is 0 Å². The van der Waals surface area contributed by atoms with Gasteiger partial charge in [-0.1, -0.05) is 17.7 Å². The number of aromatic nitrogens is 1. The number of pyridine rings is 1. The van der Waals surface area contributed by atoms with Gasteiger partial charge in [0.15, 0.2) is 17.8 Å². The van der Waals surface area contributed by atoms with Crippen molar-refractivity contribution in [2.45, 2.75) is 12.2 Å². The molecular weight excluding hydrogens is 435 g/mol.